The van der Waals surface area contributed by atoms with E-state index in [1.165, 1.54) is 16.7 Å². The molecule has 3 rings (SSSR count). The number of hydrogen-bond donors (Lipinski definition) is 1. The zero-order valence-electron chi connectivity index (χ0n) is 10.1. The predicted octanol–water partition coefficient (Wildman–Crippen LogP) is 3.49. The Bertz CT molecular complexity index is 734. The van der Waals surface area contributed by atoms with Crippen LogP contribution in [0.15, 0.2) is 48.7 Å². The molecule has 1 N–H and O–H groups in total. The number of fused-ring (bicyclic) bond motifs is 1. The maximum absolute atomic E-state index is 12.9. The van der Waals surface area contributed by atoms with Crippen LogP contribution >= 0.6 is 0 Å². The lowest BCUT2D eigenvalue weighted by Gasteiger charge is -2.08. The van der Waals surface area contributed by atoms with Crippen molar-refractivity contribution in [2.24, 2.45) is 0 Å². The van der Waals surface area contributed by atoms with Crippen LogP contribution in [0, 0.1) is 0 Å². The van der Waals surface area contributed by atoms with Crippen molar-refractivity contribution in [2.75, 3.05) is 5.32 Å². The monoisotopic (exact) mass is 278 g/mol. The molecule has 0 saturated carbocycles. The zero-order valence-corrected chi connectivity index (χ0v) is 10.1. The van der Waals surface area contributed by atoms with Gasteiger partial charge in [0.2, 0.25) is 5.95 Å². The molecule has 3 aromatic rings. The van der Waals surface area contributed by atoms with Crippen LogP contribution < -0.4 is 5.32 Å². The molecule has 2 aromatic heterocycles. The third kappa shape index (κ3) is 2.18. The number of benzene rings is 1. The molecule has 0 unspecified atom stereocenters. The lowest BCUT2D eigenvalue weighted by molar-refractivity contribution is -0.136. The second-order valence-electron chi connectivity index (χ2n) is 4.13. The van der Waals surface area contributed by atoms with E-state index in [0.29, 0.717) is 0 Å². The van der Waals surface area contributed by atoms with Gasteiger partial charge in [0, 0.05) is 11.9 Å². The van der Waals surface area contributed by atoms with E-state index in [4.69, 9.17) is 0 Å². The van der Waals surface area contributed by atoms with E-state index in [1.807, 2.05) is 18.2 Å². The topological polar surface area (TPSA) is 42.2 Å². The number of nitrogens with zero attached hydrogens (tertiary/aromatic N) is 3. The third-order valence-electron chi connectivity index (χ3n) is 2.77. The maximum atomic E-state index is 12.9. The van der Waals surface area contributed by atoms with Crippen LogP contribution in [0.1, 0.15) is 5.56 Å². The van der Waals surface area contributed by atoms with E-state index >= 15 is 0 Å². The summed E-state index contributed by atoms with van der Waals surface area (Å²) in [6, 6.07) is 11.3. The lowest BCUT2D eigenvalue weighted by atomic mass is 10.2. The van der Waals surface area contributed by atoms with Gasteiger partial charge in [-0.1, -0.05) is 18.2 Å². The summed E-state index contributed by atoms with van der Waals surface area (Å²) >= 11 is 0. The molecule has 4 nitrogen and oxygen atoms in total. The third-order valence-corrected chi connectivity index (χ3v) is 2.77. The van der Waals surface area contributed by atoms with E-state index < -0.39 is 11.7 Å². The average Bonchev–Trinajstić information content (AvgIpc) is 2.82. The van der Waals surface area contributed by atoms with Gasteiger partial charge in [-0.05, 0) is 24.3 Å². The fourth-order valence-electron chi connectivity index (χ4n) is 1.87. The molecule has 0 fully saturated rings. The van der Waals surface area contributed by atoms with E-state index in [9.17, 15) is 13.2 Å². The molecule has 0 aliphatic rings. The van der Waals surface area contributed by atoms with Gasteiger partial charge in [0.15, 0.2) is 5.65 Å². The number of hydrogen-bond acceptors (Lipinski definition) is 3. The Morgan fingerprint density at radius 2 is 1.70 bits per heavy atom. The molecule has 102 valence electrons. The molecule has 20 heavy (non-hydrogen) atoms. The van der Waals surface area contributed by atoms with Crippen LogP contribution in [-0.2, 0) is 6.18 Å². The fourth-order valence-corrected chi connectivity index (χ4v) is 1.87. The maximum Gasteiger partial charge on any atom is 0.420 e. The van der Waals surface area contributed by atoms with Crippen LogP contribution in [0.2, 0.25) is 0 Å². The van der Waals surface area contributed by atoms with Crippen molar-refractivity contribution >= 4 is 17.3 Å². The van der Waals surface area contributed by atoms with E-state index in [2.05, 4.69) is 15.5 Å². The van der Waals surface area contributed by atoms with Crippen LogP contribution in [0.5, 0.6) is 0 Å². The van der Waals surface area contributed by atoms with Crippen molar-refractivity contribution in [3.63, 3.8) is 0 Å². The first kappa shape index (κ1) is 12.5. The van der Waals surface area contributed by atoms with Gasteiger partial charge in [0.1, 0.15) is 5.56 Å². The summed E-state index contributed by atoms with van der Waals surface area (Å²) in [5.74, 6) is 0.234. The Morgan fingerprint density at radius 1 is 0.950 bits per heavy atom. The molecule has 0 radical (unpaired) electrons. The quantitative estimate of drug-likeness (QED) is 0.780. The average molecular weight is 278 g/mol. The second-order valence-corrected chi connectivity index (χ2v) is 4.13. The number of nitrogens with one attached hydrogen (secondary N) is 1. The first-order valence-corrected chi connectivity index (χ1v) is 5.79. The molecular formula is C13H9F3N4. The summed E-state index contributed by atoms with van der Waals surface area (Å²) in [7, 11) is 0. The summed E-state index contributed by atoms with van der Waals surface area (Å²) in [6.07, 6.45) is -2.98. The van der Waals surface area contributed by atoms with Crippen molar-refractivity contribution in [3.05, 3.63) is 54.2 Å². The highest BCUT2D eigenvalue weighted by Crippen LogP contribution is 2.32. The number of alkyl halides is 3. The van der Waals surface area contributed by atoms with E-state index in [-0.39, 0.29) is 11.6 Å². The molecule has 0 aliphatic heterocycles. The van der Waals surface area contributed by atoms with Crippen LogP contribution in [-0.4, -0.2) is 14.6 Å². The lowest BCUT2D eigenvalue weighted by Crippen LogP contribution is -2.07. The molecule has 0 spiro atoms. The van der Waals surface area contributed by atoms with E-state index in [0.717, 1.165) is 11.8 Å². The number of anilines is 2. The van der Waals surface area contributed by atoms with Crippen LogP contribution in [0.25, 0.3) is 5.65 Å². The highest BCUT2D eigenvalue weighted by atomic mass is 19.4. The zero-order chi connectivity index (χ0) is 14.2. The molecule has 1 aromatic carbocycles. The van der Waals surface area contributed by atoms with Gasteiger partial charge in [-0.2, -0.15) is 13.2 Å². The standard InChI is InChI=1S/C13H9F3N4/c14-13(15,16)10-7-4-8-20-11(10)18-19-12(20)17-9-5-2-1-3-6-9/h1-8H,(H,17,19). The van der Waals surface area contributed by atoms with Gasteiger partial charge >= 0.3 is 6.18 Å². The van der Waals surface area contributed by atoms with Crippen molar-refractivity contribution in [3.8, 4) is 0 Å². The second kappa shape index (κ2) is 4.52. The summed E-state index contributed by atoms with van der Waals surface area (Å²) in [6.45, 7) is 0. The van der Waals surface area contributed by atoms with Gasteiger partial charge < -0.3 is 5.32 Å². The normalized spacial score (nSPS) is 11.8. The molecule has 2 heterocycles. The Balaban J connectivity index is 2.07. The summed E-state index contributed by atoms with van der Waals surface area (Å²) in [5.41, 5.74) is -0.314. The molecule has 0 aliphatic carbocycles. The first-order chi connectivity index (χ1) is 9.55. The fraction of sp³-hybridized carbons (Fsp3) is 0.0769. The van der Waals surface area contributed by atoms with Gasteiger partial charge in [-0.3, -0.25) is 4.40 Å². The highest BCUT2D eigenvalue weighted by molar-refractivity contribution is 5.59. The van der Waals surface area contributed by atoms with Crippen molar-refractivity contribution < 1.29 is 13.2 Å². The highest BCUT2D eigenvalue weighted by Gasteiger charge is 2.34. The van der Waals surface area contributed by atoms with Crippen molar-refractivity contribution in [1.29, 1.82) is 0 Å². The van der Waals surface area contributed by atoms with Crippen LogP contribution in [0.3, 0.4) is 0 Å². The minimum absolute atomic E-state index is 0.224. The minimum Gasteiger partial charge on any atom is -0.324 e. The molecule has 0 saturated heterocycles. The number of aromatic nitrogens is 3. The smallest absolute Gasteiger partial charge is 0.324 e. The summed E-state index contributed by atoms with van der Waals surface area (Å²) in [4.78, 5) is 0. The Labute approximate surface area is 111 Å². The number of para-hydroxylation sites is 1. The number of rotatable bonds is 2. The summed E-state index contributed by atoms with van der Waals surface area (Å²) in [5, 5.41) is 10.3. The molecule has 7 heteroatoms. The van der Waals surface area contributed by atoms with Gasteiger partial charge in [0.05, 0.1) is 0 Å². The summed E-state index contributed by atoms with van der Waals surface area (Å²) < 4.78 is 39.8. The van der Waals surface area contributed by atoms with Gasteiger partial charge in [0.25, 0.3) is 0 Å². The number of pyridine rings is 1. The Hall–Kier alpha value is -2.57. The molecule has 0 amide bonds. The van der Waals surface area contributed by atoms with E-state index in [1.54, 1.807) is 12.1 Å². The molecular weight excluding hydrogens is 269 g/mol. The first-order valence-electron chi connectivity index (χ1n) is 5.79. The largest absolute Gasteiger partial charge is 0.420 e. The molecule has 0 atom stereocenters. The Kier molecular flexibility index (Phi) is 2.81. The Morgan fingerprint density at radius 3 is 2.40 bits per heavy atom. The van der Waals surface area contributed by atoms with Crippen LogP contribution in [0.4, 0.5) is 24.8 Å². The van der Waals surface area contributed by atoms with Crippen molar-refractivity contribution in [1.82, 2.24) is 14.6 Å². The van der Waals surface area contributed by atoms with Crippen molar-refractivity contribution in [2.45, 2.75) is 6.18 Å². The van der Waals surface area contributed by atoms with Gasteiger partial charge in [-0.25, -0.2) is 0 Å². The molecule has 0 bridgehead atoms. The minimum atomic E-state index is -4.46. The number of halogens is 3. The predicted molar refractivity (Wildman–Crippen MR) is 67.7 cm³/mol. The van der Waals surface area contributed by atoms with Gasteiger partial charge in [-0.15, -0.1) is 10.2 Å². The SMILES string of the molecule is FC(F)(F)c1cccn2c(Nc3ccccc3)nnc12.